The Kier molecular flexibility index (Phi) is 6.65. The molecule has 2 amide bonds. The fraction of sp³-hybridized carbons (Fsp3) is 0.467. The summed E-state index contributed by atoms with van der Waals surface area (Å²) in [6.45, 7) is 5.72. The first-order chi connectivity index (χ1) is 9.81. The minimum absolute atomic E-state index is 0.0225. The van der Waals surface area contributed by atoms with Crippen LogP contribution in [0.4, 0.5) is 0 Å². The summed E-state index contributed by atoms with van der Waals surface area (Å²) in [5, 5.41) is 6.01. The molecule has 0 aliphatic carbocycles. The minimum atomic E-state index is -0.630. The molecule has 5 nitrogen and oxygen atoms in total. The minimum Gasteiger partial charge on any atom is -0.350 e. The molecule has 0 aliphatic heterocycles. The van der Waals surface area contributed by atoms with Gasteiger partial charge in [-0.1, -0.05) is 37.6 Å². The van der Waals surface area contributed by atoms with Crippen LogP contribution in [0.3, 0.4) is 0 Å². The van der Waals surface area contributed by atoms with Crippen LogP contribution >= 0.6 is 11.6 Å². The molecule has 4 N–H and O–H groups in total. The number of benzene rings is 1. The number of rotatable bonds is 6. The van der Waals surface area contributed by atoms with E-state index >= 15 is 0 Å². The molecule has 1 aromatic carbocycles. The first-order valence-electron chi connectivity index (χ1n) is 6.89. The van der Waals surface area contributed by atoms with Gasteiger partial charge in [-0.15, -0.1) is 0 Å². The quantitative estimate of drug-likeness (QED) is 0.743. The van der Waals surface area contributed by atoms with Crippen molar-refractivity contribution >= 4 is 23.4 Å². The van der Waals surface area contributed by atoms with Gasteiger partial charge >= 0.3 is 0 Å². The van der Waals surface area contributed by atoms with Crippen LogP contribution in [0.2, 0.25) is 5.02 Å². The number of carbonyl (C=O) groups is 2. The summed E-state index contributed by atoms with van der Waals surface area (Å²) in [6.07, 6.45) is 0. The van der Waals surface area contributed by atoms with Gasteiger partial charge in [-0.25, -0.2) is 0 Å². The molecule has 21 heavy (non-hydrogen) atoms. The SMILES string of the molecule is CC(NC(=O)[C@@H](N)C(C)C)C(=O)NCc1ccc(Cl)cc1. The third kappa shape index (κ3) is 5.73. The summed E-state index contributed by atoms with van der Waals surface area (Å²) in [5.74, 6) is -0.553. The van der Waals surface area contributed by atoms with Crippen molar-refractivity contribution in [2.75, 3.05) is 0 Å². The molecule has 0 saturated carbocycles. The second kappa shape index (κ2) is 8.00. The topological polar surface area (TPSA) is 84.2 Å². The zero-order valence-corrected chi connectivity index (χ0v) is 13.3. The van der Waals surface area contributed by atoms with Gasteiger partial charge in [0, 0.05) is 11.6 Å². The van der Waals surface area contributed by atoms with Gasteiger partial charge < -0.3 is 16.4 Å². The lowest BCUT2D eigenvalue weighted by atomic mass is 10.0. The molecule has 6 heteroatoms. The summed E-state index contributed by atoms with van der Waals surface area (Å²) in [6, 6.07) is 5.94. The van der Waals surface area contributed by atoms with E-state index < -0.39 is 12.1 Å². The maximum atomic E-state index is 11.9. The predicted molar refractivity (Wildman–Crippen MR) is 83.7 cm³/mol. The van der Waals surface area contributed by atoms with Gasteiger partial charge in [0.25, 0.3) is 0 Å². The maximum absolute atomic E-state index is 11.9. The van der Waals surface area contributed by atoms with Crippen LogP contribution in [0, 0.1) is 5.92 Å². The molecular weight excluding hydrogens is 290 g/mol. The van der Waals surface area contributed by atoms with Crippen molar-refractivity contribution in [2.45, 2.75) is 39.4 Å². The lowest BCUT2D eigenvalue weighted by molar-refractivity contribution is -0.129. The number of nitrogens with two attached hydrogens (primary N) is 1. The Morgan fingerprint density at radius 3 is 2.24 bits per heavy atom. The van der Waals surface area contributed by atoms with E-state index in [-0.39, 0.29) is 17.7 Å². The number of carbonyl (C=O) groups excluding carboxylic acids is 2. The van der Waals surface area contributed by atoms with Crippen molar-refractivity contribution < 1.29 is 9.59 Å². The van der Waals surface area contributed by atoms with E-state index in [2.05, 4.69) is 10.6 Å². The second-order valence-corrected chi connectivity index (χ2v) is 5.78. The molecule has 2 atom stereocenters. The molecule has 1 rings (SSSR count). The van der Waals surface area contributed by atoms with Crippen LogP contribution in [-0.2, 0) is 16.1 Å². The standard InChI is InChI=1S/C15H22ClN3O2/c1-9(2)13(17)15(21)19-10(3)14(20)18-8-11-4-6-12(16)7-5-11/h4-7,9-10,13H,8,17H2,1-3H3,(H,18,20)(H,19,21)/t10?,13-/m0/s1. The first kappa shape index (κ1) is 17.5. The first-order valence-corrected chi connectivity index (χ1v) is 7.27. The molecule has 0 aromatic heterocycles. The normalized spacial score (nSPS) is 13.6. The van der Waals surface area contributed by atoms with Crippen molar-refractivity contribution in [1.82, 2.24) is 10.6 Å². The average molecular weight is 312 g/mol. The molecule has 116 valence electrons. The van der Waals surface area contributed by atoms with E-state index in [1.165, 1.54) is 0 Å². The summed E-state index contributed by atoms with van der Waals surface area (Å²) >= 11 is 5.79. The van der Waals surface area contributed by atoms with Gasteiger partial charge in [0.15, 0.2) is 0 Å². The molecular formula is C15H22ClN3O2. The Balaban J connectivity index is 2.44. The summed E-state index contributed by atoms with van der Waals surface area (Å²) in [4.78, 5) is 23.7. The molecule has 0 spiro atoms. The van der Waals surface area contributed by atoms with E-state index in [9.17, 15) is 9.59 Å². The van der Waals surface area contributed by atoms with Gasteiger partial charge in [-0.05, 0) is 30.5 Å². The average Bonchev–Trinajstić information content (AvgIpc) is 2.45. The van der Waals surface area contributed by atoms with E-state index in [1.54, 1.807) is 19.1 Å². The van der Waals surface area contributed by atoms with Crippen molar-refractivity contribution in [3.8, 4) is 0 Å². The van der Waals surface area contributed by atoms with Gasteiger partial charge in [-0.2, -0.15) is 0 Å². The molecule has 1 aromatic rings. The Morgan fingerprint density at radius 1 is 1.14 bits per heavy atom. The number of hydrogen-bond donors (Lipinski definition) is 3. The van der Waals surface area contributed by atoms with Crippen LogP contribution < -0.4 is 16.4 Å². The molecule has 0 heterocycles. The summed E-state index contributed by atoms with van der Waals surface area (Å²) in [7, 11) is 0. The Labute approximate surface area is 130 Å². The van der Waals surface area contributed by atoms with Crippen LogP contribution in [0.1, 0.15) is 26.3 Å². The van der Waals surface area contributed by atoms with Gasteiger partial charge in [0.05, 0.1) is 6.04 Å². The summed E-state index contributed by atoms with van der Waals surface area (Å²) in [5.41, 5.74) is 6.67. The highest BCUT2D eigenvalue weighted by Gasteiger charge is 2.21. The lowest BCUT2D eigenvalue weighted by Gasteiger charge is -2.19. The molecule has 0 bridgehead atoms. The maximum Gasteiger partial charge on any atom is 0.242 e. The highest BCUT2D eigenvalue weighted by molar-refractivity contribution is 6.30. The second-order valence-electron chi connectivity index (χ2n) is 5.34. The van der Waals surface area contributed by atoms with Gasteiger partial charge in [0.1, 0.15) is 6.04 Å². The van der Waals surface area contributed by atoms with Crippen molar-refractivity contribution in [3.05, 3.63) is 34.9 Å². The fourth-order valence-electron chi connectivity index (χ4n) is 1.62. The highest BCUT2D eigenvalue weighted by Crippen LogP contribution is 2.09. The zero-order chi connectivity index (χ0) is 16.0. The van der Waals surface area contributed by atoms with Gasteiger partial charge in [0.2, 0.25) is 11.8 Å². The largest absolute Gasteiger partial charge is 0.350 e. The van der Waals surface area contributed by atoms with Crippen molar-refractivity contribution in [3.63, 3.8) is 0 Å². The monoisotopic (exact) mass is 311 g/mol. The number of nitrogens with one attached hydrogen (secondary N) is 2. The summed E-state index contributed by atoms with van der Waals surface area (Å²) < 4.78 is 0. The fourth-order valence-corrected chi connectivity index (χ4v) is 1.75. The molecule has 0 fully saturated rings. The number of hydrogen-bond acceptors (Lipinski definition) is 3. The van der Waals surface area contributed by atoms with Crippen LogP contribution in [0.5, 0.6) is 0 Å². The van der Waals surface area contributed by atoms with Crippen LogP contribution in [-0.4, -0.2) is 23.9 Å². The third-order valence-electron chi connectivity index (χ3n) is 3.15. The van der Waals surface area contributed by atoms with Crippen molar-refractivity contribution in [1.29, 1.82) is 0 Å². The van der Waals surface area contributed by atoms with Crippen molar-refractivity contribution in [2.24, 2.45) is 11.7 Å². The predicted octanol–water partition coefficient (Wildman–Crippen LogP) is 1.44. The van der Waals surface area contributed by atoms with E-state index in [1.807, 2.05) is 26.0 Å². The lowest BCUT2D eigenvalue weighted by Crippen LogP contribution is -2.51. The molecule has 0 radical (unpaired) electrons. The number of amides is 2. The van der Waals surface area contributed by atoms with E-state index in [0.29, 0.717) is 11.6 Å². The Hall–Kier alpha value is -1.59. The van der Waals surface area contributed by atoms with Crippen LogP contribution in [0.25, 0.3) is 0 Å². The number of halogens is 1. The Bertz CT molecular complexity index is 488. The Morgan fingerprint density at radius 2 is 1.71 bits per heavy atom. The molecule has 0 saturated heterocycles. The highest BCUT2D eigenvalue weighted by atomic mass is 35.5. The zero-order valence-electron chi connectivity index (χ0n) is 12.5. The third-order valence-corrected chi connectivity index (χ3v) is 3.41. The smallest absolute Gasteiger partial charge is 0.242 e. The van der Waals surface area contributed by atoms with Crippen LogP contribution in [0.15, 0.2) is 24.3 Å². The van der Waals surface area contributed by atoms with E-state index in [4.69, 9.17) is 17.3 Å². The van der Waals surface area contributed by atoms with E-state index in [0.717, 1.165) is 5.56 Å². The molecule has 1 unspecified atom stereocenters. The van der Waals surface area contributed by atoms with Gasteiger partial charge in [-0.3, -0.25) is 9.59 Å². The molecule has 0 aliphatic rings.